The third-order valence-electron chi connectivity index (χ3n) is 4.74. The molecule has 0 N–H and O–H groups in total. The van der Waals surface area contributed by atoms with Crippen molar-refractivity contribution >= 4 is 5.91 Å². The largest absolute Gasteiger partial charge is 0.343 e. The number of benzene rings is 1. The molecule has 0 atom stereocenters. The molecule has 3 rings (SSSR count). The van der Waals surface area contributed by atoms with E-state index in [4.69, 9.17) is 4.52 Å². The predicted octanol–water partition coefficient (Wildman–Crippen LogP) is 3.61. The van der Waals surface area contributed by atoms with Gasteiger partial charge in [-0.25, -0.2) is 0 Å². The molecule has 0 bridgehead atoms. The van der Waals surface area contributed by atoms with Crippen LogP contribution in [0.15, 0.2) is 34.9 Å². The van der Waals surface area contributed by atoms with Crippen LogP contribution in [0.25, 0.3) is 0 Å². The van der Waals surface area contributed by atoms with Crippen LogP contribution in [-0.4, -0.2) is 34.0 Å². The van der Waals surface area contributed by atoms with Crippen molar-refractivity contribution in [2.24, 2.45) is 5.92 Å². The van der Waals surface area contributed by atoms with Gasteiger partial charge in [0.1, 0.15) is 0 Å². The molecular weight excluding hydrogens is 314 g/mol. The molecule has 1 saturated heterocycles. The Morgan fingerprint density at radius 3 is 2.64 bits per heavy atom. The fourth-order valence-electron chi connectivity index (χ4n) is 3.31. The summed E-state index contributed by atoms with van der Waals surface area (Å²) in [5.41, 5.74) is 1.22. The normalized spacial score (nSPS) is 15.7. The molecule has 5 heteroatoms. The third kappa shape index (κ3) is 4.91. The van der Waals surface area contributed by atoms with Gasteiger partial charge in [0.15, 0.2) is 5.82 Å². The van der Waals surface area contributed by atoms with Gasteiger partial charge < -0.3 is 9.42 Å². The summed E-state index contributed by atoms with van der Waals surface area (Å²) in [7, 11) is 0. The summed E-state index contributed by atoms with van der Waals surface area (Å²) in [6.07, 6.45) is 4.04. The number of rotatable bonds is 6. The van der Waals surface area contributed by atoms with E-state index in [0.717, 1.165) is 50.5 Å². The summed E-state index contributed by atoms with van der Waals surface area (Å²) in [4.78, 5) is 18.9. The van der Waals surface area contributed by atoms with Gasteiger partial charge in [-0.3, -0.25) is 4.79 Å². The van der Waals surface area contributed by atoms with Gasteiger partial charge in [0.05, 0.1) is 0 Å². The highest BCUT2D eigenvalue weighted by Gasteiger charge is 2.27. The van der Waals surface area contributed by atoms with Gasteiger partial charge in [0.25, 0.3) is 0 Å². The average Bonchev–Trinajstić information content (AvgIpc) is 3.08. The lowest BCUT2D eigenvalue weighted by Gasteiger charge is -2.30. The first-order valence-corrected chi connectivity index (χ1v) is 9.26. The van der Waals surface area contributed by atoms with Crippen molar-refractivity contribution in [2.75, 3.05) is 13.1 Å². The number of piperidine rings is 1. The van der Waals surface area contributed by atoms with Crippen LogP contribution in [0.2, 0.25) is 0 Å². The fourth-order valence-corrected chi connectivity index (χ4v) is 3.31. The lowest BCUT2D eigenvalue weighted by Crippen LogP contribution is -2.38. The van der Waals surface area contributed by atoms with Crippen molar-refractivity contribution in [3.63, 3.8) is 0 Å². The highest BCUT2D eigenvalue weighted by Crippen LogP contribution is 2.27. The standard InChI is InChI=1S/C20H27N3O2/c1-15(2)14-18-21-20(25-22-18)17-10-12-23(13-11-17)19(24)9-8-16-6-4-3-5-7-16/h3-7,15,17H,8-14H2,1-2H3. The summed E-state index contributed by atoms with van der Waals surface area (Å²) in [5.74, 6) is 2.59. The molecule has 5 nitrogen and oxygen atoms in total. The highest BCUT2D eigenvalue weighted by atomic mass is 16.5. The summed E-state index contributed by atoms with van der Waals surface area (Å²) < 4.78 is 5.44. The number of aromatic nitrogens is 2. The SMILES string of the molecule is CC(C)Cc1noc(C2CCN(C(=O)CCc3ccccc3)CC2)n1. The zero-order valence-electron chi connectivity index (χ0n) is 15.1. The lowest BCUT2D eigenvalue weighted by atomic mass is 9.96. The van der Waals surface area contributed by atoms with Crippen LogP contribution >= 0.6 is 0 Å². The number of carbonyl (C=O) groups excluding carboxylic acids is 1. The zero-order chi connectivity index (χ0) is 17.6. The monoisotopic (exact) mass is 341 g/mol. The third-order valence-corrected chi connectivity index (χ3v) is 4.74. The summed E-state index contributed by atoms with van der Waals surface area (Å²) in [6.45, 7) is 5.85. The molecule has 0 unspecified atom stereocenters. The molecule has 0 radical (unpaired) electrons. The van der Waals surface area contributed by atoms with E-state index >= 15 is 0 Å². The first kappa shape index (κ1) is 17.6. The molecule has 134 valence electrons. The molecule has 1 fully saturated rings. The minimum Gasteiger partial charge on any atom is -0.343 e. The zero-order valence-corrected chi connectivity index (χ0v) is 15.1. The van der Waals surface area contributed by atoms with Gasteiger partial charge in [-0.05, 0) is 30.7 Å². The summed E-state index contributed by atoms with van der Waals surface area (Å²) >= 11 is 0. The van der Waals surface area contributed by atoms with Gasteiger partial charge in [-0.2, -0.15) is 4.98 Å². The highest BCUT2D eigenvalue weighted by molar-refractivity contribution is 5.76. The van der Waals surface area contributed by atoms with Gasteiger partial charge in [-0.15, -0.1) is 0 Å². The van der Waals surface area contributed by atoms with Crippen LogP contribution in [0.4, 0.5) is 0 Å². The second-order valence-corrected chi connectivity index (χ2v) is 7.29. The molecule has 0 saturated carbocycles. The van der Waals surface area contributed by atoms with Crippen LogP contribution < -0.4 is 0 Å². The van der Waals surface area contributed by atoms with E-state index in [1.165, 1.54) is 5.56 Å². The second-order valence-electron chi connectivity index (χ2n) is 7.29. The Kier molecular flexibility index (Phi) is 5.84. The van der Waals surface area contributed by atoms with E-state index < -0.39 is 0 Å². The Labute approximate surface area is 149 Å². The fraction of sp³-hybridized carbons (Fsp3) is 0.550. The van der Waals surface area contributed by atoms with E-state index in [-0.39, 0.29) is 11.8 Å². The first-order valence-electron chi connectivity index (χ1n) is 9.26. The number of carbonyl (C=O) groups is 1. The number of hydrogen-bond donors (Lipinski definition) is 0. The van der Waals surface area contributed by atoms with Gasteiger partial charge in [0.2, 0.25) is 11.8 Å². The molecule has 2 aromatic rings. The number of nitrogens with zero attached hydrogens (tertiary/aromatic N) is 3. The van der Waals surface area contributed by atoms with Crippen LogP contribution in [0.5, 0.6) is 0 Å². The maximum atomic E-state index is 12.4. The topological polar surface area (TPSA) is 59.2 Å². The quantitative estimate of drug-likeness (QED) is 0.805. The first-order chi connectivity index (χ1) is 12.1. The Hall–Kier alpha value is -2.17. The van der Waals surface area contributed by atoms with Crippen molar-refractivity contribution in [1.29, 1.82) is 0 Å². The molecule has 1 amide bonds. The molecule has 25 heavy (non-hydrogen) atoms. The molecule has 1 aromatic carbocycles. The lowest BCUT2D eigenvalue weighted by molar-refractivity contribution is -0.132. The van der Waals surface area contributed by atoms with Crippen molar-refractivity contribution in [3.8, 4) is 0 Å². The van der Waals surface area contributed by atoms with E-state index in [1.54, 1.807) is 0 Å². The minimum atomic E-state index is 0.244. The maximum Gasteiger partial charge on any atom is 0.229 e. The molecule has 1 aliphatic heterocycles. The van der Waals surface area contributed by atoms with E-state index in [0.29, 0.717) is 12.3 Å². The maximum absolute atomic E-state index is 12.4. The van der Waals surface area contributed by atoms with Crippen LogP contribution in [0.1, 0.15) is 56.3 Å². The van der Waals surface area contributed by atoms with Crippen LogP contribution in [0, 0.1) is 5.92 Å². The summed E-state index contributed by atoms with van der Waals surface area (Å²) in [6, 6.07) is 10.2. The van der Waals surface area contributed by atoms with E-state index in [2.05, 4.69) is 36.1 Å². The van der Waals surface area contributed by atoms with Gasteiger partial charge in [0, 0.05) is 31.8 Å². The Bertz CT molecular complexity index is 673. The van der Waals surface area contributed by atoms with Crippen LogP contribution in [0.3, 0.4) is 0 Å². The van der Waals surface area contributed by atoms with Gasteiger partial charge in [-0.1, -0.05) is 49.3 Å². The van der Waals surface area contributed by atoms with E-state index in [1.807, 2.05) is 23.1 Å². The number of aryl methyl sites for hydroxylation is 1. The molecule has 1 aromatic heterocycles. The smallest absolute Gasteiger partial charge is 0.229 e. The average molecular weight is 341 g/mol. The van der Waals surface area contributed by atoms with E-state index in [9.17, 15) is 4.79 Å². The number of hydrogen-bond acceptors (Lipinski definition) is 4. The Morgan fingerprint density at radius 1 is 1.24 bits per heavy atom. The Morgan fingerprint density at radius 2 is 1.96 bits per heavy atom. The molecule has 1 aliphatic rings. The molecule has 0 aliphatic carbocycles. The second kappa shape index (κ2) is 8.28. The van der Waals surface area contributed by atoms with Crippen molar-refractivity contribution in [1.82, 2.24) is 15.0 Å². The van der Waals surface area contributed by atoms with Crippen molar-refractivity contribution in [3.05, 3.63) is 47.6 Å². The predicted molar refractivity (Wildman–Crippen MR) is 96.2 cm³/mol. The molecule has 0 spiro atoms. The number of likely N-dealkylation sites (tertiary alicyclic amines) is 1. The van der Waals surface area contributed by atoms with Gasteiger partial charge >= 0.3 is 0 Å². The van der Waals surface area contributed by atoms with Crippen molar-refractivity contribution in [2.45, 2.75) is 51.9 Å². The summed E-state index contributed by atoms with van der Waals surface area (Å²) in [5, 5.41) is 4.08. The number of amides is 1. The van der Waals surface area contributed by atoms with Crippen LogP contribution in [-0.2, 0) is 17.6 Å². The Balaban J connectivity index is 1.46. The molecular formula is C20H27N3O2. The van der Waals surface area contributed by atoms with Crippen molar-refractivity contribution < 1.29 is 9.32 Å². The minimum absolute atomic E-state index is 0.244. The molecule has 2 heterocycles.